The van der Waals surface area contributed by atoms with Crippen molar-refractivity contribution in [2.75, 3.05) is 19.5 Å². The Bertz CT molecular complexity index is 950. The van der Waals surface area contributed by atoms with Gasteiger partial charge in [0.25, 0.3) is 0 Å². The standard InChI is InChI=1S/C17H14F3N3O3/c1-25-14-8-13-12(7-11(14)15(24)26-2)22-16(23-13)21-10-5-3-9(4-6-10)17(18,19)20/h3-8H,1-2H3,(H2,21,22,23). The summed E-state index contributed by atoms with van der Waals surface area (Å²) >= 11 is 0. The van der Waals surface area contributed by atoms with Gasteiger partial charge in [-0.2, -0.15) is 13.2 Å². The number of methoxy groups -OCH3 is 2. The van der Waals surface area contributed by atoms with Gasteiger partial charge in [-0.3, -0.25) is 0 Å². The lowest BCUT2D eigenvalue weighted by Crippen LogP contribution is -2.04. The predicted molar refractivity (Wildman–Crippen MR) is 88.7 cm³/mol. The fraction of sp³-hybridized carbons (Fsp3) is 0.176. The molecule has 0 amide bonds. The van der Waals surface area contributed by atoms with Gasteiger partial charge in [0.05, 0.1) is 30.8 Å². The van der Waals surface area contributed by atoms with E-state index in [-0.39, 0.29) is 5.56 Å². The Kier molecular flexibility index (Phi) is 4.45. The van der Waals surface area contributed by atoms with Gasteiger partial charge in [-0.05, 0) is 30.3 Å². The normalized spacial score (nSPS) is 11.4. The molecule has 0 radical (unpaired) electrons. The fourth-order valence-electron chi connectivity index (χ4n) is 2.41. The molecule has 9 heteroatoms. The van der Waals surface area contributed by atoms with Crippen LogP contribution < -0.4 is 10.1 Å². The first-order valence-corrected chi connectivity index (χ1v) is 7.42. The third-order valence-corrected chi connectivity index (χ3v) is 3.68. The molecule has 0 spiro atoms. The third-order valence-electron chi connectivity index (χ3n) is 3.68. The van der Waals surface area contributed by atoms with Crippen LogP contribution in [0.5, 0.6) is 5.75 Å². The number of aromatic nitrogens is 2. The monoisotopic (exact) mass is 365 g/mol. The minimum Gasteiger partial charge on any atom is -0.496 e. The second-order valence-corrected chi connectivity index (χ2v) is 5.35. The summed E-state index contributed by atoms with van der Waals surface area (Å²) in [4.78, 5) is 19.0. The highest BCUT2D eigenvalue weighted by Gasteiger charge is 2.29. The van der Waals surface area contributed by atoms with E-state index in [1.54, 1.807) is 6.07 Å². The number of halogens is 3. The Morgan fingerprint density at radius 3 is 2.42 bits per heavy atom. The van der Waals surface area contributed by atoms with Crippen molar-refractivity contribution in [3.05, 3.63) is 47.5 Å². The zero-order valence-corrected chi connectivity index (χ0v) is 13.8. The van der Waals surface area contributed by atoms with E-state index in [0.717, 1.165) is 12.1 Å². The Balaban J connectivity index is 1.90. The van der Waals surface area contributed by atoms with Crippen LogP contribution in [0.3, 0.4) is 0 Å². The van der Waals surface area contributed by atoms with Crippen LogP contribution in [0.25, 0.3) is 11.0 Å². The number of imidazole rings is 1. The zero-order valence-electron chi connectivity index (χ0n) is 13.8. The number of fused-ring (bicyclic) bond motifs is 1. The number of aromatic amines is 1. The molecule has 0 unspecified atom stereocenters. The van der Waals surface area contributed by atoms with Gasteiger partial charge in [0.15, 0.2) is 0 Å². The van der Waals surface area contributed by atoms with E-state index < -0.39 is 17.7 Å². The molecule has 26 heavy (non-hydrogen) atoms. The van der Waals surface area contributed by atoms with E-state index in [1.807, 2.05) is 0 Å². The predicted octanol–water partition coefficient (Wildman–Crippen LogP) is 4.12. The lowest BCUT2D eigenvalue weighted by atomic mass is 10.2. The van der Waals surface area contributed by atoms with E-state index in [0.29, 0.717) is 28.4 Å². The lowest BCUT2D eigenvalue weighted by molar-refractivity contribution is -0.137. The van der Waals surface area contributed by atoms with Gasteiger partial charge < -0.3 is 19.8 Å². The number of hydrogen-bond acceptors (Lipinski definition) is 5. The number of carbonyl (C=O) groups excluding carboxylic acids is 1. The number of alkyl halides is 3. The van der Waals surface area contributed by atoms with Crippen molar-refractivity contribution in [3.63, 3.8) is 0 Å². The molecular formula is C17H14F3N3O3. The number of nitrogens with one attached hydrogen (secondary N) is 2. The molecule has 0 atom stereocenters. The Morgan fingerprint density at radius 2 is 1.85 bits per heavy atom. The highest BCUT2D eigenvalue weighted by Crippen LogP contribution is 2.31. The molecule has 0 fully saturated rings. The van der Waals surface area contributed by atoms with Crippen molar-refractivity contribution in [1.29, 1.82) is 0 Å². The van der Waals surface area contributed by atoms with E-state index in [9.17, 15) is 18.0 Å². The summed E-state index contributed by atoms with van der Waals surface area (Å²) in [5.41, 5.74) is 0.981. The van der Waals surface area contributed by atoms with E-state index in [2.05, 4.69) is 15.3 Å². The Hall–Kier alpha value is -3.23. The molecule has 0 saturated heterocycles. The number of anilines is 2. The van der Waals surface area contributed by atoms with Crippen molar-refractivity contribution in [1.82, 2.24) is 9.97 Å². The first-order valence-electron chi connectivity index (χ1n) is 7.42. The molecule has 3 aromatic rings. The Labute approximate surface area is 145 Å². The summed E-state index contributed by atoms with van der Waals surface area (Å²) in [5, 5.41) is 2.88. The third kappa shape index (κ3) is 3.41. The summed E-state index contributed by atoms with van der Waals surface area (Å²) in [7, 11) is 2.68. The number of carbonyl (C=O) groups is 1. The number of hydrogen-bond donors (Lipinski definition) is 2. The lowest BCUT2D eigenvalue weighted by Gasteiger charge is -2.07. The molecular weight excluding hydrogens is 351 g/mol. The van der Waals surface area contributed by atoms with Gasteiger partial charge >= 0.3 is 12.1 Å². The molecule has 0 aliphatic carbocycles. The first kappa shape index (κ1) is 17.6. The highest BCUT2D eigenvalue weighted by molar-refractivity contribution is 5.97. The first-order chi connectivity index (χ1) is 12.3. The van der Waals surface area contributed by atoms with Crippen molar-refractivity contribution >= 4 is 28.6 Å². The van der Waals surface area contributed by atoms with Gasteiger partial charge in [-0.1, -0.05) is 0 Å². The number of H-pyrrole nitrogens is 1. The van der Waals surface area contributed by atoms with Gasteiger partial charge in [0.1, 0.15) is 11.3 Å². The minimum atomic E-state index is -4.39. The summed E-state index contributed by atoms with van der Waals surface area (Å²) in [5.74, 6) is 0.0522. The maximum absolute atomic E-state index is 12.6. The maximum atomic E-state index is 12.6. The van der Waals surface area contributed by atoms with Crippen LogP contribution >= 0.6 is 0 Å². The van der Waals surface area contributed by atoms with Crippen LogP contribution in [0.4, 0.5) is 24.8 Å². The van der Waals surface area contributed by atoms with Crippen LogP contribution in [0.1, 0.15) is 15.9 Å². The van der Waals surface area contributed by atoms with Crippen molar-refractivity contribution in [2.45, 2.75) is 6.18 Å². The zero-order chi connectivity index (χ0) is 18.9. The van der Waals surface area contributed by atoms with Gasteiger partial charge in [-0.15, -0.1) is 0 Å². The SMILES string of the molecule is COC(=O)c1cc2[nH]c(Nc3ccc(C(F)(F)F)cc3)nc2cc1OC. The quantitative estimate of drug-likeness (QED) is 0.680. The molecule has 0 aliphatic rings. The van der Waals surface area contributed by atoms with Crippen molar-refractivity contribution < 1.29 is 27.4 Å². The maximum Gasteiger partial charge on any atom is 0.416 e. The van der Waals surface area contributed by atoms with Gasteiger partial charge in [0, 0.05) is 11.8 Å². The number of nitrogens with zero attached hydrogens (tertiary/aromatic N) is 1. The van der Waals surface area contributed by atoms with Crippen molar-refractivity contribution in [2.24, 2.45) is 0 Å². The summed E-state index contributed by atoms with van der Waals surface area (Å²) in [6.45, 7) is 0. The molecule has 0 aliphatic heterocycles. The molecule has 3 rings (SSSR count). The van der Waals surface area contributed by atoms with Gasteiger partial charge in [0.2, 0.25) is 5.95 Å². The number of benzene rings is 2. The smallest absolute Gasteiger partial charge is 0.416 e. The number of esters is 1. The summed E-state index contributed by atoms with van der Waals surface area (Å²) in [6, 6.07) is 7.65. The summed E-state index contributed by atoms with van der Waals surface area (Å²) in [6.07, 6.45) is -4.39. The topological polar surface area (TPSA) is 76.2 Å². The molecule has 0 bridgehead atoms. The van der Waals surface area contributed by atoms with Gasteiger partial charge in [-0.25, -0.2) is 9.78 Å². The number of ether oxygens (including phenoxy) is 2. The average Bonchev–Trinajstić information content (AvgIpc) is 3.00. The van der Waals surface area contributed by atoms with E-state index >= 15 is 0 Å². The van der Waals surface area contributed by atoms with Crippen LogP contribution in [0.15, 0.2) is 36.4 Å². The van der Waals surface area contributed by atoms with Crippen LogP contribution in [0.2, 0.25) is 0 Å². The molecule has 2 N–H and O–H groups in total. The molecule has 136 valence electrons. The van der Waals surface area contributed by atoms with Crippen LogP contribution in [-0.2, 0) is 10.9 Å². The molecule has 2 aromatic carbocycles. The van der Waals surface area contributed by atoms with Crippen LogP contribution in [0, 0.1) is 0 Å². The largest absolute Gasteiger partial charge is 0.496 e. The average molecular weight is 365 g/mol. The summed E-state index contributed by atoms with van der Waals surface area (Å²) < 4.78 is 47.7. The fourth-order valence-corrected chi connectivity index (χ4v) is 2.41. The molecule has 0 saturated carbocycles. The second-order valence-electron chi connectivity index (χ2n) is 5.35. The van der Waals surface area contributed by atoms with Crippen LogP contribution in [-0.4, -0.2) is 30.2 Å². The van der Waals surface area contributed by atoms with E-state index in [1.165, 1.54) is 32.4 Å². The van der Waals surface area contributed by atoms with Crippen molar-refractivity contribution in [3.8, 4) is 5.75 Å². The Morgan fingerprint density at radius 1 is 1.15 bits per heavy atom. The minimum absolute atomic E-state index is 0.229. The van der Waals surface area contributed by atoms with E-state index in [4.69, 9.17) is 9.47 Å². The number of rotatable bonds is 4. The molecule has 1 aromatic heterocycles. The molecule has 6 nitrogen and oxygen atoms in total. The second kappa shape index (κ2) is 6.58. The molecule has 1 heterocycles. The highest BCUT2D eigenvalue weighted by atomic mass is 19.4.